The Morgan fingerprint density at radius 1 is 1.20 bits per heavy atom. The predicted molar refractivity (Wildman–Crippen MR) is 99.7 cm³/mol. The van der Waals surface area contributed by atoms with Crippen molar-refractivity contribution in [3.8, 4) is 12.3 Å². The van der Waals surface area contributed by atoms with Crippen molar-refractivity contribution in [1.29, 1.82) is 0 Å². The highest BCUT2D eigenvalue weighted by atomic mass is 35.5. The van der Waals surface area contributed by atoms with Crippen LogP contribution in [0.3, 0.4) is 0 Å². The van der Waals surface area contributed by atoms with Gasteiger partial charge in [-0.25, -0.2) is 4.98 Å². The van der Waals surface area contributed by atoms with Gasteiger partial charge in [0, 0.05) is 29.6 Å². The molecule has 0 saturated carbocycles. The van der Waals surface area contributed by atoms with E-state index in [1.54, 1.807) is 17.0 Å². The summed E-state index contributed by atoms with van der Waals surface area (Å²) in [5.41, 5.74) is 2.77. The van der Waals surface area contributed by atoms with Crippen LogP contribution < -0.4 is 4.90 Å². The van der Waals surface area contributed by atoms with Crippen LogP contribution >= 0.6 is 11.6 Å². The number of imidazole rings is 1. The summed E-state index contributed by atoms with van der Waals surface area (Å²) in [6, 6.07) is 15.2. The Morgan fingerprint density at radius 3 is 2.72 bits per heavy atom. The average molecular weight is 350 g/mol. The number of fused-ring (bicyclic) bond motifs is 1. The monoisotopic (exact) mass is 349 g/mol. The van der Waals surface area contributed by atoms with Crippen LogP contribution in [-0.4, -0.2) is 22.0 Å². The number of nitrogens with zero attached hydrogens (tertiary/aromatic N) is 3. The molecular weight excluding hydrogens is 334 g/mol. The second kappa shape index (κ2) is 6.27. The first-order valence-corrected chi connectivity index (χ1v) is 8.49. The summed E-state index contributed by atoms with van der Waals surface area (Å²) in [5, 5.41) is 0.655. The molecule has 2 heterocycles. The predicted octanol–water partition coefficient (Wildman–Crippen LogP) is 3.84. The van der Waals surface area contributed by atoms with E-state index in [4.69, 9.17) is 23.0 Å². The molecule has 0 unspecified atom stereocenters. The van der Waals surface area contributed by atoms with E-state index in [1.807, 2.05) is 41.0 Å². The Labute approximate surface area is 151 Å². The lowest BCUT2D eigenvalue weighted by molar-refractivity contribution is -0.117. The number of anilines is 1. The fourth-order valence-electron chi connectivity index (χ4n) is 3.41. The Morgan fingerprint density at radius 2 is 1.96 bits per heavy atom. The van der Waals surface area contributed by atoms with Crippen LogP contribution in [0.4, 0.5) is 5.69 Å². The SMILES string of the molecule is C#CCn1c([C@@H]2CC(=O)N(c3ccc(Cl)cc3)C2)nc2ccccc21. The van der Waals surface area contributed by atoms with Crippen LogP contribution in [-0.2, 0) is 11.3 Å². The summed E-state index contributed by atoms with van der Waals surface area (Å²) >= 11 is 5.94. The second-order valence-corrected chi connectivity index (χ2v) is 6.57. The van der Waals surface area contributed by atoms with E-state index in [0.29, 0.717) is 24.5 Å². The third-order valence-corrected chi connectivity index (χ3v) is 4.81. The van der Waals surface area contributed by atoms with Gasteiger partial charge >= 0.3 is 0 Å². The molecule has 0 spiro atoms. The molecule has 0 radical (unpaired) electrons. The highest BCUT2D eigenvalue weighted by Gasteiger charge is 2.34. The first-order valence-electron chi connectivity index (χ1n) is 8.12. The lowest BCUT2D eigenvalue weighted by Gasteiger charge is -2.17. The molecule has 0 aliphatic carbocycles. The molecule has 1 fully saturated rings. The van der Waals surface area contributed by atoms with Gasteiger partial charge in [-0.2, -0.15) is 0 Å². The van der Waals surface area contributed by atoms with Gasteiger partial charge in [-0.3, -0.25) is 4.79 Å². The zero-order valence-electron chi connectivity index (χ0n) is 13.5. The summed E-state index contributed by atoms with van der Waals surface area (Å²) in [7, 11) is 0. The average Bonchev–Trinajstić information content (AvgIpc) is 3.17. The van der Waals surface area contributed by atoms with Gasteiger partial charge in [0.15, 0.2) is 0 Å². The van der Waals surface area contributed by atoms with Gasteiger partial charge in [0.05, 0.1) is 17.6 Å². The maximum Gasteiger partial charge on any atom is 0.227 e. The number of aromatic nitrogens is 2. The molecule has 1 amide bonds. The number of para-hydroxylation sites is 2. The molecule has 5 heteroatoms. The molecule has 1 aliphatic rings. The van der Waals surface area contributed by atoms with Gasteiger partial charge in [-0.15, -0.1) is 6.42 Å². The number of terminal acetylenes is 1. The van der Waals surface area contributed by atoms with Gasteiger partial charge in [0.2, 0.25) is 5.91 Å². The van der Waals surface area contributed by atoms with Crippen molar-refractivity contribution in [3.63, 3.8) is 0 Å². The number of carbonyl (C=O) groups excluding carboxylic acids is 1. The molecule has 1 saturated heterocycles. The van der Waals surface area contributed by atoms with Crippen molar-refractivity contribution < 1.29 is 4.79 Å². The van der Waals surface area contributed by atoms with Crippen molar-refractivity contribution >= 4 is 34.2 Å². The Kier molecular flexibility index (Phi) is 3.95. The standard InChI is InChI=1S/C20H16ClN3O/c1-2-11-23-18-6-4-3-5-17(18)22-20(23)14-12-19(25)24(13-14)16-9-7-15(21)8-10-16/h1,3-10,14H,11-13H2/t14-/m1/s1. The van der Waals surface area contributed by atoms with Crippen molar-refractivity contribution in [2.75, 3.05) is 11.4 Å². The number of hydrogen-bond acceptors (Lipinski definition) is 2. The van der Waals surface area contributed by atoms with E-state index < -0.39 is 0 Å². The highest BCUT2D eigenvalue weighted by molar-refractivity contribution is 6.30. The Hall–Kier alpha value is -2.77. The quantitative estimate of drug-likeness (QED) is 0.674. The van der Waals surface area contributed by atoms with Gasteiger partial charge in [0.25, 0.3) is 0 Å². The first kappa shape index (κ1) is 15.7. The normalized spacial score (nSPS) is 17.2. The van der Waals surface area contributed by atoms with E-state index in [2.05, 4.69) is 5.92 Å². The van der Waals surface area contributed by atoms with Crippen LogP contribution in [0.25, 0.3) is 11.0 Å². The fraction of sp³-hybridized carbons (Fsp3) is 0.200. The molecule has 124 valence electrons. The summed E-state index contributed by atoms with van der Waals surface area (Å²) in [6.45, 7) is 1.04. The smallest absolute Gasteiger partial charge is 0.227 e. The molecule has 0 N–H and O–H groups in total. The summed E-state index contributed by atoms with van der Waals surface area (Å²) in [4.78, 5) is 19.1. The van der Waals surface area contributed by atoms with Crippen molar-refractivity contribution in [2.45, 2.75) is 18.9 Å². The van der Waals surface area contributed by atoms with E-state index in [9.17, 15) is 4.79 Å². The van der Waals surface area contributed by atoms with E-state index in [0.717, 1.165) is 22.5 Å². The minimum atomic E-state index is 0.0175. The minimum absolute atomic E-state index is 0.0175. The van der Waals surface area contributed by atoms with E-state index in [-0.39, 0.29) is 11.8 Å². The third kappa shape index (κ3) is 2.77. The highest BCUT2D eigenvalue weighted by Crippen LogP contribution is 2.33. The van der Waals surface area contributed by atoms with Crippen LogP contribution in [0.5, 0.6) is 0 Å². The molecule has 25 heavy (non-hydrogen) atoms. The molecule has 1 atom stereocenters. The zero-order valence-corrected chi connectivity index (χ0v) is 14.3. The van der Waals surface area contributed by atoms with Crippen molar-refractivity contribution in [3.05, 3.63) is 59.4 Å². The van der Waals surface area contributed by atoms with Gasteiger partial charge < -0.3 is 9.47 Å². The lowest BCUT2D eigenvalue weighted by Crippen LogP contribution is -2.24. The fourth-order valence-corrected chi connectivity index (χ4v) is 3.54. The maximum atomic E-state index is 12.5. The topological polar surface area (TPSA) is 38.1 Å². The molecule has 2 aromatic carbocycles. The number of halogens is 1. The number of carbonyl (C=O) groups is 1. The van der Waals surface area contributed by atoms with Crippen LogP contribution in [0.15, 0.2) is 48.5 Å². The van der Waals surface area contributed by atoms with Crippen molar-refractivity contribution in [2.24, 2.45) is 0 Å². The first-order chi connectivity index (χ1) is 12.2. The largest absolute Gasteiger partial charge is 0.316 e. The summed E-state index contributed by atoms with van der Waals surface area (Å²) in [6.07, 6.45) is 5.98. The second-order valence-electron chi connectivity index (χ2n) is 6.13. The summed E-state index contributed by atoms with van der Waals surface area (Å²) in [5.74, 6) is 3.68. The third-order valence-electron chi connectivity index (χ3n) is 4.56. The Bertz CT molecular complexity index is 984. The number of rotatable bonds is 3. The molecule has 0 bridgehead atoms. The molecule has 3 aromatic rings. The van der Waals surface area contributed by atoms with Crippen LogP contribution in [0, 0.1) is 12.3 Å². The van der Waals surface area contributed by atoms with Crippen molar-refractivity contribution in [1.82, 2.24) is 9.55 Å². The van der Waals surface area contributed by atoms with Gasteiger partial charge in [-0.05, 0) is 36.4 Å². The van der Waals surface area contributed by atoms with E-state index >= 15 is 0 Å². The van der Waals surface area contributed by atoms with Gasteiger partial charge in [-0.1, -0.05) is 29.7 Å². The minimum Gasteiger partial charge on any atom is -0.316 e. The molecule has 4 rings (SSSR count). The summed E-state index contributed by atoms with van der Waals surface area (Å²) < 4.78 is 2.04. The molecule has 4 nitrogen and oxygen atoms in total. The number of amides is 1. The molecule has 1 aliphatic heterocycles. The Balaban J connectivity index is 1.70. The molecule has 1 aromatic heterocycles. The van der Waals surface area contributed by atoms with Crippen LogP contribution in [0.2, 0.25) is 5.02 Å². The maximum absolute atomic E-state index is 12.5. The molecular formula is C20H16ClN3O. The lowest BCUT2D eigenvalue weighted by atomic mass is 10.1. The van der Waals surface area contributed by atoms with Crippen LogP contribution in [0.1, 0.15) is 18.2 Å². The van der Waals surface area contributed by atoms with Gasteiger partial charge in [0.1, 0.15) is 5.82 Å². The van der Waals surface area contributed by atoms with E-state index in [1.165, 1.54) is 0 Å². The zero-order chi connectivity index (χ0) is 17.4. The number of hydrogen-bond donors (Lipinski definition) is 0. The number of benzene rings is 2.